The topological polar surface area (TPSA) is 97.9 Å². The summed E-state index contributed by atoms with van der Waals surface area (Å²) in [6, 6.07) is 11.2. The summed E-state index contributed by atoms with van der Waals surface area (Å²) in [5, 5.41) is 26.0. The number of aromatic nitrogens is 5. The summed E-state index contributed by atoms with van der Waals surface area (Å²) in [5.41, 5.74) is 1.44. The number of rotatable bonds is 6. The standard InChI is InChI=1S/C19H22N6O2/c26-18-10-14(13-24-8-4-7-20-24)9-17(18)22-19(27)11-15-12-21-25(23-15)16-5-2-1-3-6-16/h1-8,12,14,17-18,26H,9-11,13H2,(H,22,27)/t14?,17-,18-/m1/s1. The van der Waals surface area contributed by atoms with Crippen molar-refractivity contribution in [3.05, 3.63) is 60.7 Å². The third-order valence-electron chi connectivity index (χ3n) is 4.85. The largest absolute Gasteiger partial charge is 0.391 e. The maximum atomic E-state index is 12.4. The molecule has 1 aliphatic rings. The summed E-state index contributed by atoms with van der Waals surface area (Å²) >= 11 is 0. The van der Waals surface area contributed by atoms with Gasteiger partial charge in [-0.1, -0.05) is 18.2 Å². The monoisotopic (exact) mass is 366 g/mol. The Kier molecular flexibility index (Phi) is 4.97. The van der Waals surface area contributed by atoms with Crippen LogP contribution in [0.1, 0.15) is 18.5 Å². The zero-order valence-electron chi connectivity index (χ0n) is 14.8. The Hall–Kier alpha value is -3.00. The van der Waals surface area contributed by atoms with E-state index in [2.05, 4.69) is 20.6 Å². The van der Waals surface area contributed by atoms with Crippen molar-refractivity contribution >= 4 is 5.91 Å². The lowest BCUT2D eigenvalue weighted by Crippen LogP contribution is -2.40. The molecule has 1 aliphatic carbocycles. The van der Waals surface area contributed by atoms with E-state index in [0.29, 0.717) is 18.0 Å². The van der Waals surface area contributed by atoms with E-state index >= 15 is 0 Å². The summed E-state index contributed by atoms with van der Waals surface area (Å²) in [6.07, 6.45) is 6.26. The molecule has 1 amide bonds. The molecule has 1 unspecified atom stereocenters. The molecule has 2 N–H and O–H groups in total. The van der Waals surface area contributed by atoms with E-state index in [9.17, 15) is 9.90 Å². The van der Waals surface area contributed by atoms with Gasteiger partial charge < -0.3 is 10.4 Å². The molecular weight excluding hydrogens is 344 g/mol. The third kappa shape index (κ3) is 4.22. The first-order chi connectivity index (χ1) is 13.2. The van der Waals surface area contributed by atoms with Crippen LogP contribution < -0.4 is 5.32 Å². The van der Waals surface area contributed by atoms with Crippen LogP contribution in [-0.2, 0) is 17.8 Å². The SMILES string of the molecule is O=C(Cc1cnn(-c2ccccc2)n1)N[C@@H]1CC(Cn2cccn2)C[C@H]1O. The van der Waals surface area contributed by atoms with Crippen LogP contribution in [0, 0.1) is 5.92 Å². The highest BCUT2D eigenvalue weighted by Gasteiger charge is 2.34. The molecule has 1 saturated carbocycles. The van der Waals surface area contributed by atoms with Crippen molar-refractivity contribution in [2.75, 3.05) is 0 Å². The fraction of sp³-hybridized carbons (Fsp3) is 0.368. The number of nitrogens with zero attached hydrogens (tertiary/aromatic N) is 5. The predicted octanol–water partition coefficient (Wildman–Crippen LogP) is 0.962. The van der Waals surface area contributed by atoms with Crippen molar-refractivity contribution in [3.8, 4) is 5.69 Å². The van der Waals surface area contributed by atoms with Gasteiger partial charge >= 0.3 is 0 Å². The third-order valence-corrected chi connectivity index (χ3v) is 4.85. The highest BCUT2D eigenvalue weighted by atomic mass is 16.3. The van der Waals surface area contributed by atoms with Gasteiger partial charge in [-0.25, -0.2) is 0 Å². The molecule has 8 heteroatoms. The molecule has 3 aromatic rings. The Balaban J connectivity index is 1.31. The Labute approximate surface area is 156 Å². The minimum absolute atomic E-state index is 0.139. The van der Waals surface area contributed by atoms with E-state index in [1.807, 2.05) is 47.3 Å². The van der Waals surface area contributed by atoms with Gasteiger partial charge in [0.15, 0.2) is 0 Å². The van der Waals surface area contributed by atoms with Gasteiger partial charge in [0.25, 0.3) is 0 Å². The van der Waals surface area contributed by atoms with Crippen molar-refractivity contribution < 1.29 is 9.90 Å². The second-order valence-electron chi connectivity index (χ2n) is 6.94. The van der Waals surface area contributed by atoms with Gasteiger partial charge in [-0.2, -0.15) is 20.1 Å². The van der Waals surface area contributed by atoms with Crippen molar-refractivity contribution in [3.63, 3.8) is 0 Å². The van der Waals surface area contributed by atoms with E-state index < -0.39 is 6.10 Å². The molecule has 27 heavy (non-hydrogen) atoms. The molecule has 8 nitrogen and oxygen atoms in total. The number of carbonyl (C=O) groups is 1. The van der Waals surface area contributed by atoms with Crippen LogP contribution in [0.15, 0.2) is 55.0 Å². The lowest BCUT2D eigenvalue weighted by atomic mass is 10.1. The number of aliphatic hydroxyl groups excluding tert-OH is 1. The number of hydrogen-bond acceptors (Lipinski definition) is 5. The van der Waals surface area contributed by atoms with Crippen LogP contribution in [0.5, 0.6) is 0 Å². The maximum Gasteiger partial charge on any atom is 0.226 e. The molecule has 3 atom stereocenters. The summed E-state index contributed by atoms with van der Waals surface area (Å²) < 4.78 is 1.86. The van der Waals surface area contributed by atoms with Crippen molar-refractivity contribution in [2.24, 2.45) is 5.92 Å². The fourth-order valence-corrected chi connectivity index (χ4v) is 3.58. The predicted molar refractivity (Wildman–Crippen MR) is 98.0 cm³/mol. The average molecular weight is 366 g/mol. The van der Waals surface area contributed by atoms with E-state index in [1.54, 1.807) is 12.4 Å². The molecule has 140 valence electrons. The number of amides is 1. The summed E-state index contributed by atoms with van der Waals surface area (Å²) in [5.74, 6) is 0.142. The molecular formula is C19H22N6O2. The Bertz CT molecular complexity index is 877. The van der Waals surface area contributed by atoms with Crippen molar-refractivity contribution in [2.45, 2.75) is 38.0 Å². The average Bonchev–Trinajstić information content (AvgIpc) is 3.39. The van der Waals surface area contributed by atoms with Crippen LogP contribution in [-0.4, -0.2) is 47.9 Å². The highest BCUT2D eigenvalue weighted by molar-refractivity contribution is 5.78. The molecule has 2 aromatic heterocycles. The molecule has 1 aromatic carbocycles. The normalized spacial score (nSPS) is 22.0. The first kappa shape index (κ1) is 17.4. The van der Waals surface area contributed by atoms with Gasteiger partial charge in [-0.05, 0) is 37.0 Å². The fourth-order valence-electron chi connectivity index (χ4n) is 3.58. The van der Waals surface area contributed by atoms with Gasteiger partial charge in [0, 0.05) is 18.9 Å². The molecule has 2 heterocycles. The Morgan fingerprint density at radius 3 is 2.81 bits per heavy atom. The molecule has 1 fully saturated rings. The Morgan fingerprint density at radius 2 is 2.04 bits per heavy atom. The van der Waals surface area contributed by atoms with Gasteiger partial charge in [0.1, 0.15) is 0 Å². The first-order valence-corrected chi connectivity index (χ1v) is 9.09. The van der Waals surface area contributed by atoms with Gasteiger partial charge in [0.05, 0.1) is 36.1 Å². The van der Waals surface area contributed by atoms with Crippen molar-refractivity contribution in [1.29, 1.82) is 0 Å². The van der Waals surface area contributed by atoms with Crippen LogP contribution in [0.25, 0.3) is 5.69 Å². The van der Waals surface area contributed by atoms with E-state index in [4.69, 9.17) is 0 Å². The second kappa shape index (κ2) is 7.71. The molecule has 0 saturated heterocycles. The lowest BCUT2D eigenvalue weighted by Gasteiger charge is -2.16. The molecule has 0 radical (unpaired) electrons. The van der Waals surface area contributed by atoms with E-state index in [0.717, 1.165) is 18.7 Å². The molecule has 0 spiro atoms. The number of benzene rings is 1. The zero-order chi connectivity index (χ0) is 18.6. The summed E-state index contributed by atoms with van der Waals surface area (Å²) in [4.78, 5) is 13.9. The Morgan fingerprint density at radius 1 is 1.19 bits per heavy atom. The number of para-hydroxylation sites is 1. The minimum Gasteiger partial charge on any atom is -0.391 e. The molecule has 4 rings (SSSR count). The molecule has 0 aliphatic heterocycles. The zero-order valence-corrected chi connectivity index (χ0v) is 14.8. The lowest BCUT2D eigenvalue weighted by molar-refractivity contribution is -0.121. The highest BCUT2D eigenvalue weighted by Crippen LogP contribution is 2.27. The smallest absolute Gasteiger partial charge is 0.226 e. The van der Waals surface area contributed by atoms with Gasteiger partial charge in [-0.3, -0.25) is 9.48 Å². The van der Waals surface area contributed by atoms with Crippen LogP contribution >= 0.6 is 0 Å². The number of carbonyl (C=O) groups excluding carboxylic acids is 1. The maximum absolute atomic E-state index is 12.4. The van der Waals surface area contributed by atoms with Crippen LogP contribution in [0.4, 0.5) is 0 Å². The number of hydrogen-bond donors (Lipinski definition) is 2. The van der Waals surface area contributed by atoms with E-state index in [-0.39, 0.29) is 18.4 Å². The van der Waals surface area contributed by atoms with Gasteiger partial charge in [0.2, 0.25) is 5.91 Å². The molecule has 0 bridgehead atoms. The van der Waals surface area contributed by atoms with E-state index in [1.165, 1.54) is 4.80 Å². The quantitative estimate of drug-likeness (QED) is 0.677. The summed E-state index contributed by atoms with van der Waals surface area (Å²) in [7, 11) is 0. The van der Waals surface area contributed by atoms with Crippen molar-refractivity contribution in [1.82, 2.24) is 30.1 Å². The minimum atomic E-state index is -0.533. The summed E-state index contributed by atoms with van der Waals surface area (Å²) in [6.45, 7) is 0.752. The van der Waals surface area contributed by atoms with Gasteiger partial charge in [-0.15, -0.1) is 0 Å². The number of nitrogens with one attached hydrogen (secondary N) is 1. The van der Waals surface area contributed by atoms with Crippen LogP contribution in [0.3, 0.4) is 0 Å². The number of aliphatic hydroxyl groups is 1. The van der Waals surface area contributed by atoms with Crippen LogP contribution in [0.2, 0.25) is 0 Å². The first-order valence-electron chi connectivity index (χ1n) is 9.09. The second-order valence-corrected chi connectivity index (χ2v) is 6.94.